The Hall–Kier alpha value is -1.55. The van der Waals surface area contributed by atoms with Gasteiger partial charge in [0.05, 0.1) is 5.52 Å². The average Bonchev–Trinajstić information content (AvgIpc) is 2.70. The molecule has 3 rings (SSSR count). The van der Waals surface area contributed by atoms with E-state index in [4.69, 9.17) is 4.74 Å². The summed E-state index contributed by atoms with van der Waals surface area (Å²) in [6.07, 6.45) is 4.22. The van der Waals surface area contributed by atoms with Crippen molar-refractivity contribution < 1.29 is 4.74 Å². The van der Waals surface area contributed by atoms with Crippen molar-refractivity contribution in [1.29, 1.82) is 0 Å². The zero-order valence-electron chi connectivity index (χ0n) is 10.0. The Kier molecular flexibility index (Phi) is 2.73. The summed E-state index contributed by atoms with van der Waals surface area (Å²) in [4.78, 5) is 0. The zero-order chi connectivity index (χ0) is 11.7. The van der Waals surface area contributed by atoms with Crippen molar-refractivity contribution in [2.75, 3.05) is 18.5 Å². The quantitative estimate of drug-likeness (QED) is 0.861. The van der Waals surface area contributed by atoms with E-state index in [0.29, 0.717) is 6.04 Å². The first-order chi connectivity index (χ1) is 8.31. The molecule has 0 atom stereocenters. The second-order valence-electron chi connectivity index (χ2n) is 4.61. The molecule has 1 N–H and O–H groups in total. The number of aromatic nitrogens is 2. The van der Waals surface area contributed by atoms with Crippen molar-refractivity contribution in [3.8, 4) is 0 Å². The van der Waals surface area contributed by atoms with Crippen LogP contribution in [0.2, 0.25) is 0 Å². The highest BCUT2D eigenvalue weighted by atomic mass is 16.5. The number of rotatable bonds is 2. The second-order valence-corrected chi connectivity index (χ2v) is 4.61. The predicted molar refractivity (Wildman–Crippen MR) is 68.2 cm³/mol. The highest BCUT2D eigenvalue weighted by molar-refractivity contribution is 5.82. The summed E-state index contributed by atoms with van der Waals surface area (Å²) in [5, 5.41) is 9.12. The largest absolute Gasteiger partial charge is 0.382 e. The van der Waals surface area contributed by atoms with Gasteiger partial charge < -0.3 is 10.1 Å². The molecule has 1 aliphatic rings. The fourth-order valence-corrected chi connectivity index (χ4v) is 2.32. The summed E-state index contributed by atoms with van der Waals surface area (Å²) in [7, 11) is 1.95. The SMILES string of the molecule is Cn1cc2cc(NC3CCOCC3)ccc2n1. The minimum Gasteiger partial charge on any atom is -0.382 e. The van der Waals surface area contributed by atoms with Crippen LogP contribution in [0.3, 0.4) is 0 Å². The van der Waals surface area contributed by atoms with Crippen molar-refractivity contribution >= 4 is 16.6 Å². The van der Waals surface area contributed by atoms with Crippen LogP contribution in [0.15, 0.2) is 24.4 Å². The molecule has 1 aromatic heterocycles. The molecule has 4 nitrogen and oxygen atoms in total. The van der Waals surface area contributed by atoms with E-state index in [1.165, 1.54) is 11.1 Å². The number of fused-ring (bicyclic) bond motifs is 1. The van der Waals surface area contributed by atoms with Crippen molar-refractivity contribution in [1.82, 2.24) is 9.78 Å². The Morgan fingerprint density at radius 2 is 2.18 bits per heavy atom. The zero-order valence-corrected chi connectivity index (χ0v) is 10.0. The molecule has 4 heteroatoms. The second kappa shape index (κ2) is 4.37. The first kappa shape index (κ1) is 10.6. The lowest BCUT2D eigenvalue weighted by Gasteiger charge is -2.24. The van der Waals surface area contributed by atoms with Gasteiger partial charge in [0.1, 0.15) is 0 Å². The monoisotopic (exact) mass is 231 g/mol. The van der Waals surface area contributed by atoms with Gasteiger partial charge in [-0.2, -0.15) is 5.10 Å². The first-order valence-corrected chi connectivity index (χ1v) is 6.09. The molecule has 1 saturated heterocycles. The van der Waals surface area contributed by atoms with Crippen molar-refractivity contribution in [2.45, 2.75) is 18.9 Å². The van der Waals surface area contributed by atoms with Gasteiger partial charge in [-0.1, -0.05) is 0 Å². The summed E-state index contributed by atoms with van der Waals surface area (Å²) in [5.41, 5.74) is 2.22. The molecule has 0 bridgehead atoms. The molecule has 2 heterocycles. The minimum absolute atomic E-state index is 0.540. The highest BCUT2D eigenvalue weighted by Crippen LogP contribution is 2.20. The van der Waals surface area contributed by atoms with E-state index in [0.717, 1.165) is 31.6 Å². The maximum atomic E-state index is 5.36. The van der Waals surface area contributed by atoms with Crippen LogP contribution in [-0.4, -0.2) is 29.0 Å². The minimum atomic E-state index is 0.540. The molecule has 0 amide bonds. The Balaban J connectivity index is 1.79. The number of nitrogens with one attached hydrogen (secondary N) is 1. The summed E-state index contributed by atoms with van der Waals surface area (Å²) in [6.45, 7) is 1.74. The van der Waals surface area contributed by atoms with Gasteiger partial charge >= 0.3 is 0 Å². The van der Waals surface area contributed by atoms with Crippen LogP contribution in [0.5, 0.6) is 0 Å². The smallest absolute Gasteiger partial charge is 0.0924 e. The predicted octanol–water partition coefficient (Wildman–Crippen LogP) is 2.16. The fourth-order valence-electron chi connectivity index (χ4n) is 2.32. The van der Waals surface area contributed by atoms with Gasteiger partial charge in [-0.3, -0.25) is 4.68 Å². The summed E-state index contributed by atoms with van der Waals surface area (Å²) < 4.78 is 7.21. The van der Waals surface area contributed by atoms with Crippen molar-refractivity contribution in [3.63, 3.8) is 0 Å². The molecule has 0 unspecified atom stereocenters. The van der Waals surface area contributed by atoms with Gasteiger partial charge in [-0.25, -0.2) is 0 Å². The fraction of sp³-hybridized carbons (Fsp3) is 0.462. The molecular weight excluding hydrogens is 214 g/mol. The van der Waals surface area contributed by atoms with Crippen LogP contribution in [0.25, 0.3) is 10.9 Å². The third-order valence-corrected chi connectivity index (χ3v) is 3.21. The van der Waals surface area contributed by atoms with Crippen LogP contribution in [0.1, 0.15) is 12.8 Å². The lowest BCUT2D eigenvalue weighted by Crippen LogP contribution is -2.27. The van der Waals surface area contributed by atoms with E-state index in [2.05, 4.69) is 28.6 Å². The third-order valence-electron chi connectivity index (χ3n) is 3.21. The van der Waals surface area contributed by atoms with Crippen LogP contribution < -0.4 is 5.32 Å². The Labute approximate surface area is 101 Å². The average molecular weight is 231 g/mol. The topological polar surface area (TPSA) is 39.1 Å². The van der Waals surface area contributed by atoms with E-state index >= 15 is 0 Å². The molecule has 1 fully saturated rings. The van der Waals surface area contributed by atoms with Crippen molar-refractivity contribution in [2.24, 2.45) is 7.05 Å². The molecule has 17 heavy (non-hydrogen) atoms. The van der Waals surface area contributed by atoms with Crippen molar-refractivity contribution in [3.05, 3.63) is 24.4 Å². The van der Waals surface area contributed by atoms with Crippen LogP contribution >= 0.6 is 0 Å². The summed E-state index contributed by atoms with van der Waals surface area (Å²) in [6, 6.07) is 6.87. The van der Waals surface area contributed by atoms with Crippen LogP contribution in [0, 0.1) is 0 Å². The Morgan fingerprint density at radius 1 is 1.35 bits per heavy atom. The lowest BCUT2D eigenvalue weighted by molar-refractivity contribution is 0.0904. The maximum absolute atomic E-state index is 5.36. The Bertz CT molecular complexity index is 514. The van der Waals surface area contributed by atoms with Gasteiger partial charge in [0, 0.05) is 43.6 Å². The first-order valence-electron chi connectivity index (χ1n) is 6.09. The van der Waals surface area contributed by atoms with Crippen LogP contribution in [-0.2, 0) is 11.8 Å². The maximum Gasteiger partial charge on any atom is 0.0924 e. The number of benzene rings is 1. The molecule has 0 radical (unpaired) electrons. The molecule has 2 aromatic rings. The number of anilines is 1. The number of hydrogen-bond acceptors (Lipinski definition) is 3. The molecule has 0 saturated carbocycles. The number of aryl methyl sites for hydroxylation is 1. The van der Waals surface area contributed by atoms with E-state index < -0.39 is 0 Å². The third kappa shape index (κ3) is 2.26. The van der Waals surface area contributed by atoms with Gasteiger partial charge in [0.2, 0.25) is 0 Å². The normalized spacial score (nSPS) is 17.5. The molecule has 1 aliphatic heterocycles. The van der Waals surface area contributed by atoms with Gasteiger partial charge in [0.15, 0.2) is 0 Å². The summed E-state index contributed by atoms with van der Waals surface area (Å²) >= 11 is 0. The van der Waals surface area contributed by atoms with E-state index in [1.54, 1.807) is 0 Å². The molecule has 0 aliphatic carbocycles. The van der Waals surface area contributed by atoms with Crippen LogP contribution in [0.4, 0.5) is 5.69 Å². The van der Waals surface area contributed by atoms with E-state index in [9.17, 15) is 0 Å². The lowest BCUT2D eigenvalue weighted by atomic mass is 10.1. The number of nitrogens with zero attached hydrogens (tertiary/aromatic N) is 2. The standard InChI is InChI=1S/C13H17N3O/c1-16-9-10-8-12(2-3-13(10)15-16)14-11-4-6-17-7-5-11/h2-3,8-9,11,14H,4-7H2,1H3. The number of ether oxygens (including phenoxy) is 1. The Morgan fingerprint density at radius 3 is 3.00 bits per heavy atom. The van der Waals surface area contributed by atoms with Gasteiger partial charge in [0.25, 0.3) is 0 Å². The molecule has 0 spiro atoms. The van der Waals surface area contributed by atoms with Gasteiger partial charge in [-0.15, -0.1) is 0 Å². The van der Waals surface area contributed by atoms with E-state index in [-0.39, 0.29) is 0 Å². The number of hydrogen-bond donors (Lipinski definition) is 1. The summed E-state index contributed by atoms with van der Waals surface area (Å²) in [5.74, 6) is 0. The van der Waals surface area contributed by atoms with Gasteiger partial charge in [-0.05, 0) is 31.0 Å². The molecule has 1 aromatic carbocycles. The molecule has 90 valence electrons. The molecular formula is C13H17N3O. The van der Waals surface area contributed by atoms with E-state index in [1.807, 2.05) is 17.9 Å². The highest BCUT2D eigenvalue weighted by Gasteiger charge is 2.13.